The highest BCUT2D eigenvalue weighted by atomic mass is 16.6. The fourth-order valence-corrected chi connectivity index (χ4v) is 6.13. The number of ether oxygens (including phenoxy) is 3. The zero-order valence-electron chi connectivity index (χ0n) is 33.3. The summed E-state index contributed by atoms with van der Waals surface area (Å²) in [5, 5.41) is 11.6. The van der Waals surface area contributed by atoms with Gasteiger partial charge in [-0.15, -0.1) is 0 Å². The number of nitrogens with zero attached hydrogens (tertiary/aromatic N) is 1. The molecule has 0 saturated carbocycles. The molecule has 0 radical (unpaired) electrons. The lowest BCUT2D eigenvalue weighted by atomic mass is 10.0. The van der Waals surface area contributed by atoms with Gasteiger partial charge in [0, 0.05) is 19.3 Å². The molecule has 0 amide bonds. The predicted octanol–water partition coefficient (Wildman–Crippen LogP) is 9.41. The topological polar surface area (TPSA) is 102 Å². The number of carboxylic acid groups (broad SMARTS) is 1. The second-order valence-electron chi connectivity index (χ2n) is 15.2. The van der Waals surface area contributed by atoms with Gasteiger partial charge in [-0.05, 0) is 32.1 Å². The molecule has 0 aromatic rings. The minimum Gasteiger partial charge on any atom is -0.544 e. The van der Waals surface area contributed by atoms with E-state index >= 15 is 0 Å². The average molecular weight is 710 g/mol. The van der Waals surface area contributed by atoms with Crippen LogP contribution in [0.2, 0.25) is 0 Å². The van der Waals surface area contributed by atoms with Crippen LogP contribution in [0.4, 0.5) is 0 Å². The van der Waals surface area contributed by atoms with E-state index in [0.29, 0.717) is 19.3 Å². The molecule has 0 aromatic heterocycles. The molecule has 0 N–H and O–H groups in total. The third-order valence-corrected chi connectivity index (χ3v) is 9.40. The number of quaternary nitrogens is 1. The summed E-state index contributed by atoms with van der Waals surface area (Å²) in [5.41, 5.74) is 0. The minimum atomic E-state index is -1.13. The normalized spacial score (nSPS) is 13.1. The van der Waals surface area contributed by atoms with E-state index in [4.69, 9.17) is 14.2 Å². The molecular weight excluding hydrogens is 630 g/mol. The molecule has 0 fully saturated rings. The smallest absolute Gasteiger partial charge is 0.306 e. The van der Waals surface area contributed by atoms with E-state index in [2.05, 4.69) is 26.0 Å². The van der Waals surface area contributed by atoms with Gasteiger partial charge in [0.2, 0.25) is 0 Å². The van der Waals surface area contributed by atoms with Crippen LogP contribution in [0.1, 0.15) is 187 Å². The van der Waals surface area contributed by atoms with Gasteiger partial charge in [0.15, 0.2) is 6.10 Å². The van der Waals surface area contributed by atoms with Gasteiger partial charge in [-0.25, -0.2) is 0 Å². The van der Waals surface area contributed by atoms with Crippen LogP contribution in [0.15, 0.2) is 12.2 Å². The fourth-order valence-electron chi connectivity index (χ4n) is 6.13. The molecule has 2 atom stereocenters. The Bertz CT molecular complexity index is 838. The number of likely N-dealkylation sites (N-methyl/N-ethyl adjacent to an activating group) is 1. The van der Waals surface area contributed by atoms with Crippen molar-refractivity contribution in [3.05, 3.63) is 12.2 Å². The summed E-state index contributed by atoms with van der Waals surface area (Å²) in [6.07, 6.45) is 33.9. The van der Waals surface area contributed by atoms with Crippen molar-refractivity contribution in [1.29, 1.82) is 0 Å². The Morgan fingerprint density at radius 2 is 1.02 bits per heavy atom. The van der Waals surface area contributed by atoms with Crippen LogP contribution < -0.4 is 5.11 Å². The molecule has 294 valence electrons. The van der Waals surface area contributed by atoms with Crippen LogP contribution in [-0.4, -0.2) is 75.5 Å². The van der Waals surface area contributed by atoms with Gasteiger partial charge in [0.25, 0.3) is 0 Å². The van der Waals surface area contributed by atoms with E-state index in [-0.39, 0.29) is 42.7 Å². The lowest BCUT2D eigenvalue weighted by molar-refractivity contribution is -0.889. The van der Waals surface area contributed by atoms with Gasteiger partial charge in [0.1, 0.15) is 12.6 Å². The Labute approximate surface area is 308 Å². The van der Waals surface area contributed by atoms with Gasteiger partial charge < -0.3 is 28.6 Å². The lowest BCUT2D eigenvalue weighted by Crippen LogP contribution is -2.55. The van der Waals surface area contributed by atoms with Crippen molar-refractivity contribution in [2.24, 2.45) is 0 Å². The van der Waals surface area contributed by atoms with Crippen molar-refractivity contribution in [3.63, 3.8) is 0 Å². The molecule has 0 aliphatic rings. The molecule has 0 aliphatic carbocycles. The first kappa shape index (κ1) is 48.1. The number of hydrogen-bond donors (Lipinski definition) is 0. The molecule has 50 heavy (non-hydrogen) atoms. The molecule has 0 heterocycles. The fraction of sp³-hybridized carbons (Fsp3) is 0.881. The van der Waals surface area contributed by atoms with E-state index in [0.717, 1.165) is 32.1 Å². The first-order valence-electron chi connectivity index (χ1n) is 20.7. The van der Waals surface area contributed by atoms with Crippen LogP contribution in [0.3, 0.4) is 0 Å². The molecule has 0 aliphatic heterocycles. The molecule has 0 bridgehead atoms. The number of carbonyl (C=O) groups is 3. The van der Waals surface area contributed by atoms with E-state index in [1.807, 2.05) is 0 Å². The number of aliphatic carboxylic acids is 1. The minimum absolute atomic E-state index is 0.0374. The second kappa shape index (κ2) is 34.2. The molecule has 2 unspecified atom stereocenters. The maximum Gasteiger partial charge on any atom is 0.306 e. The standard InChI is InChI=1S/C42H79NO7/c1-6-8-10-12-14-16-17-18-19-20-21-22-23-25-27-29-31-33-41(45)50-38(36-48-35-34-39(42(46)47)43(3,4)5)37-49-40(44)32-30-28-26-24-15-13-11-9-7-2/h24,26,38-39H,6-23,25,27-37H2,1-5H3/b26-24+. The molecule has 0 rings (SSSR count). The number of esters is 2. The van der Waals surface area contributed by atoms with Crippen molar-refractivity contribution in [2.75, 3.05) is 41.0 Å². The summed E-state index contributed by atoms with van der Waals surface area (Å²) >= 11 is 0. The number of allylic oxidation sites excluding steroid dienone is 2. The number of carboxylic acids is 1. The summed E-state index contributed by atoms with van der Waals surface area (Å²) in [4.78, 5) is 36.6. The van der Waals surface area contributed by atoms with E-state index in [9.17, 15) is 19.5 Å². The van der Waals surface area contributed by atoms with Crippen molar-refractivity contribution in [2.45, 2.75) is 199 Å². The average Bonchev–Trinajstić information content (AvgIpc) is 3.06. The number of hydrogen-bond acceptors (Lipinski definition) is 7. The van der Waals surface area contributed by atoms with Crippen LogP contribution in [0.25, 0.3) is 0 Å². The van der Waals surface area contributed by atoms with Crippen molar-refractivity contribution in [3.8, 4) is 0 Å². The van der Waals surface area contributed by atoms with Crippen LogP contribution in [0, 0.1) is 0 Å². The summed E-state index contributed by atoms with van der Waals surface area (Å²) < 4.78 is 17.1. The Morgan fingerprint density at radius 3 is 1.50 bits per heavy atom. The largest absolute Gasteiger partial charge is 0.544 e. The highest BCUT2D eigenvalue weighted by Gasteiger charge is 2.25. The lowest BCUT2D eigenvalue weighted by Gasteiger charge is -2.34. The first-order chi connectivity index (χ1) is 24.1. The van der Waals surface area contributed by atoms with E-state index in [1.54, 1.807) is 21.1 Å². The zero-order chi connectivity index (χ0) is 37.1. The maximum atomic E-state index is 12.7. The van der Waals surface area contributed by atoms with Crippen molar-refractivity contribution >= 4 is 17.9 Å². The number of unbranched alkanes of at least 4 members (excludes halogenated alkanes) is 21. The monoisotopic (exact) mass is 710 g/mol. The van der Waals surface area contributed by atoms with Gasteiger partial charge in [-0.1, -0.05) is 148 Å². The van der Waals surface area contributed by atoms with Crippen LogP contribution >= 0.6 is 0 Å². The van der Waals surface area contributed by atoms with Crippen LogP contribution in [0.5, 0.6) is 0 Å². The Morgan fingerprint density at radius 1 is 0.580 bits per heavy atom. The van der Waals surface area contributed by atoms with Crippen molar-refractivity contribution in [1.82, 2.24) is 0 Å². The van der Waals surface area contributed by atoms with E-state index in [1.165, 1.54) is 116 Å². The third kappa shape index (κ3) is 32.0. The number of rotatable bonds is 37. The maximum absolute atomic E-state index is 12.7. The highest BCUT2D eigenvalue weighted by Crippen LogP contribution is 2.15. The first-order valence-corrected chi connectivity index (χ1v) is 20.7. The summed E-state index contributed by atoms with van der Waals surface area (Å²) in [6, 6.07) is -0.723. The molecule has 8 heteroatoms. The van der Waals surface area contributed by atoms with Gasteiger partial charge >= 0.3 is 11.9 Å². The molecule has 0 saturated heterocycles. The second-order valence-corrected chi connectivity index (χ2v) is 15.2. The zero-order valence-corrected chi connectivity index (χ0v) is 33.3. The SMILES string of the molecule is CCCCCC/C=C/CCCC(=O)OCC(COCCC(C(=O)[O-])[N+](C)(C)C)OC(=O)CCCCCCCCCCCCCCCCCCC. The Kier molecular flexibility index (Phi) is 32.9. The number of carbonyl (C=O) groups excluding carboxylic acids is 3. The van der Waals surface area contributed by atoms with Crippen LogP contribution in [-0.2, 0) is 28.6 Å². The molecular formula is C42H79NO7. The summed E-state index contributed by atoms with van der Waals surface area (Å²) in [7, 11) is 5.40. The van der Waals surface area contributed by atoms with E-state index < -0.39 is 18.1 Å². The highest BCUT2D eigenvalue weighted by molar-refractivity contribution is 5.70. The predicted molar refractivity (Wildman–Crippen MR) is 204 cm³/mol. The van der Waals surface area contributed by atoms with Crippen molar-refractivity contribution < 1.29 is 38.2 Å². The van der Waals surface area contributed by atoms with Gasteiger partial charge in [0.05, 0.1) is 40.3 Å². The summed E-state index contributed by atoms with van der Waals surface area (Å²) in [6.45, 7) is 4.61. The Balaban J connectivity index is 4.32. The molecule has 8 nitrogen and oxygen atoms in total. The summed E-state index contributed by atoms with van der Waals surface area (Å²) in [5.74, 6) is -1.77. The quantitative estimate of drug-likeness (QED) is 0.0274. The van der Waals surface area contributed by atoms with Gasteiger partial charge in [-0.3, -0.25) is 9.59 Å². The third-order valence-electron chi connectivity index (χ3n) is 9.40. The Hall–Kier alpha value is -1.93. The molecule has 0 spiro atoms. The molecule has 0 aromatic carbocycles. The van der Waals surface area contributed by atoms with Gasteiger partial charge in [-0.2, -0.15) is 0 Å².